The molecule has 2 N–H and O–H groups in total. The topological polar surface area (TPSA) is 83.4 Å². The van der Waals surface area contributed by atoms with Crippen molar-refractivity contribution < 1.29 is 14.1 Å². The highest BCUT2D eigenvalue weighted by Gasteiger charge is 2.26. The molecule has 0 amide bonds. The summed E-state index contributed by atoms with van der Waals surface area (Å²) in [5, 5.41) is 7.65. The molecule has 1 aliphatic heterocycles. The maximum atomic E-state index is 6.02. The minimum atomic E-state index is 0.113. The second-order valence-electron chi connectivity index (χ2n) is 5.08. The van der Waals surface area contributed by atoms with Crippen LogP contribution >= 0.6 is 0 Å². The Bertz CT molecular complexity index is 574. The van der Waals surface area contributed by atoms with E-state index >= 15 is 0 Å². The molecule has 1 aromatic carbocycles. The van der Waals surface area contributed by atoms with E-state index in [4.69, 9.17) is 19.8 Å². The average molecular weight is 263 g/mol. The molecule has 2 aromatic rings. The summed E-state index contributed by atoms with van der Waals surface area (Å²) in [7, 11) is 0. The number of fused-ring (bicyclic) bond motifs is 1. The fraction of sp³-hybridized carbons (Fsp3) is 0.538. The summed E-state index contributed by atoms with van der Waals surface area (Å²) in [5.41, 5.74) is 7.47. The molecular weight excluding hydrogens is 246 g/mol. The normalized spacial score (nSPS) is 27.6. The van der Waals surface area contributed by atoms with Crippen LogP contribution in [0.15, 0.2) is 16.8 Å². The van der Waals surface area contributed by atoms with Crippen LogP contribution in [0.1, 0.15) is 26.7 Å². The fourth-order valence-electron chi connectivity index (χ4n) is 2.58. The molecule has 0 radical (unpaired) electrons. The lowest BCUT2D eigenvalue weighted by Crippen LogP contribution is -2.35. The number of hydrogen-bond donors (Lipinski definition) is 1. The van der Waals surface area contributed by atoms with E-state index in [1.165, 1.54) is 0 Å². The predicted octanol–water partition coefficient (Wildman–Crippen LogP) is 2.14. The summed E-state index contributed by atoms with van der Waals surface area (Å²) in [5.74, 6) is 0.664. The molecule has 0 spiro atoms. The molecule has 1 aromatic heterocycles. The van der Waals surface area contributed by atoms with Crippen molar-refractivity contribution in [2.75, 3.05) is 5.73 Å². The Morgan fingerprint density at radius 2 is 1.84 bits per heavy atom. The number of ether oxygens (including phenoxy) is 2. The van der Waals surface area contributed by atoms with Gasteiger partial charge in [0.2, 0.25) is 0 Å². The van der Waals surface area contributed by atoms with E-state index in [1.807, 2.05) is 6.07 Å². The van der Waals surface area contributed by atoms with Crippen LogP contribution in [-0.4, -0.2) is 28.6 Å². The van der Waals surface area contributed by atoms with Crippen molar-refractivity contribution in [3.8, 4) is 5.75 Å². The second kappa shape index (κ2) is 4.70. The maximum absolute atomic E-state index is 6.02. The quantitative estimate of drug-likeness (QED) is 0.836. The van der Waals surface area contributed by atoms with Crippen LogP contribution in [0.2, 0.25) is 0 Å². The van der Waals surface area contributed by atoms with Crippen LogP contribution in [0.5, 0.6) is 5.75 Å². The highest BCUT2D eigenvalue weighted by atomic mass is 16.6. The summed E-state index contributed by atoms with van der Waals surface area (Å²) in [6.45, 7) is 4.12. The van der Waals surface area contributed by atoms with Gasteiger partial charge in [-0.05, 0) is 36.3 Å². The first-order valence-electron chi connectivity index (χ1n) is 6.46. The van der Waals surface area contributed by atoms with Gasteiger partial charge in [-0.2, -0.15) is 0 Å². The Kier molecular flexibility index (Phi) is 3.02. The van der Waals surface area contributed by atoms with Crippen molar-refractivity contribution in [3.63, 3.8) is 0 Å². The Morgan fingerprint density at radius 1 is 1.16 bits per heavy atom. The zero-order chi connectivity index (χ0) is 13.4. The van der Waals surface area contributed by atoms with Crippen molar-refractivity contribution >= 4 is 16.7 Å². The summed E-state index contributed by atoms with van der Waals surface area (Å²) >= 11 is 0. The highest BCUT2D eigenvalue weighted by Crippen LogP contribution is 2.30. The number of aromatic nitrogens is 2. The monoisotopic (exact) mass is 263 g/mol. The first-order valence-corrected chi connectivity index (χ1v) is 6.46. The minimum Gasteiger partial charge on any atom is -0.488 e. The van der Waals surface area contributed by atoms with Gasteiger partial charge in [-0.1, -0.05) is 0 Å². The molecule has 1 fully saturated rings. The van der Waals surface area contributed by atoms with E-state index in [2.05, 4.69) is 24.2 Å². The molecule has 102 valence electrons. The Hall–Kier alpha value is -1.82. The van der Waals surface area contributed by atoms with Gasteiger partial charge in [0.15, 0.2) is 16.8 Å². The van der Waals surface area contributed by atoms with Gasteiger partial charge >= 0.3 is 0 Å². The number of nitrogens with two attached hydrogens (primary N) is 1. The van der Waals surface area contributed by atoms with Crippen molar-refractivity contribution in [2.45, 2.75) is 45.0 Å². The number of hydrogen-bond acceptors (Lipinski definition) is 6. The van der Waals surface area contributed by atoms with Crippen molar-refractivity contribution in [2.24, 2.45) is 0 Å². The van der Waals surface area contributed by atoms with E-state index < -0.39 is 0 Å². The number of benzene rings is 1. The minimum absolute atomic E-state index is 0.113. The van der Waals surface area contributed by atoms with Crippen molar-refractivity contribution in [1.82, 2.24) is 10.3 Å². The molecule has 3 rings (SSSR count). The lowest BCUT2D eigenvalue weighted by molar-refractivity contribution is -0.0719. The molecular formula is C13H17N3O3. The van der Waals surface area contributed by atoms with Crippen molar-refractivity contribution in [3.05, 3.63) is 12.1 Å². The van der Waals surface area contributed by atoms with Crippen LogP contribution in [0.4, 0.5) is 5.69 Å². The number of anilines is 1. The molecule has 0 saturated carbocycles. The average Bonchev–Trinajstić information content (AvgIpc) is 2.81. The van der Waals surface area contributed by atoms with E-state index in [1.54, 1.807) is 6.07 Å². The van der Waals surface area contributed by atoms with E-state index in [0.29, 0.717) is 22.5 Å². The number of rotatable bonds is 2. The molecule has 19 heavy (non-hydrogen) atoms. The largest absolute Gasteiger partial charge is 0.488 e. The maximum Gasteiger partial charge on any atom is 0.179 e. The molecule has 2 atom stereocenters. The van der Waals surface area contributed by atoms with Crippen LogP contribution in [-0.2, 0) is 4.74 Å². The summed E-state index contributed by atoms with van der Waals surface area (Å²) in [6, 6.07) is 3.57. The third kappa shape index (κ3) is 2.35. The Balaban J connectivity index is 1.85. The molecule has 1 saturated heterocycles. The molecule has 6 nitrogen and oxygen atoms in total. The second-order valence-corrected chi connectivity index (χ2v) is 5.08. The van der Waals surface area contributed by atoms with Gasteiger partial charge in [0.1, 0.15) is 6.10 Å². The van der Waals surface area contributed by atoms with Crippen LogP contribution in [0, 0.1) is 0 Å². The Labute approximate surface area is 110 Å². The summed E-state index contributed by atoms with van der Waals surface area (Å²) < 4.78 is 16.5. The summed E-state index contributed by atoms with van der Waals surface area (Å²) in [6.07, 6.45) is 2.24. The molecule has 6 heteroatoms. The van der Waals surface area contributed by atoms with Gasteiger partial charge < -0.3 is 15.2 Å². The third-order valence-corrected chi connectivity index (χ3v) is 3.36. The van der Waals surface area contributed by atoms with E-state index in [9.17, 15) is 0 Å². The highest BCUT2D eigenvalue weighted by molar-refractivity contribution is 5.90. The van der Waals surface area contributed by atoms with Gasteiger partial charge in [0, 0.05) is 12.8 Å². The molecule has 2 heterocycles. The zero-order valence-electron chi connectivity index (χ0n) is 11.0. The fourth-order valence-corrected chi connectivity index (χ4v) is 2.58. The van der Waals surface area contributed by atoms with E-state index in [0.717, 1.165) is 12.8 Å². The predicted molar refractivity (Wildman–Crippen MR) is 69.9 cm³/mol. The first kappa shape index (κ1) is 12.2. The summed E-state index contributed by atoms with van der Waals surface area (Å²) in [4.78, 5) is 0. The van der Waals surface area contributed by atoms with Crippen LogP contribution in [0.3, 0.4) is 0 Å². The van der Waals surface area contributed by atoms with Crippen molar-refractivity contribution in [1.29, 1.82) is 0 Å². The smallest absolute Gasteiger partial charge is 0.179 e. The zero-order valence-corrected chi connectivity index (χ0v) is 11.0. The van der Waals surface area contributed by atoms with Gasteiger partial charge in [0.25, 0.3) is 0 Å². The standard InChI is InChI=1S/C13H17N3O3/c1-7-5-9(6-8(2)17-7)18-11-4-3-10(14)12-13(11)16-19-15-12/h3-4,7-9H,5-6,14H2,1-2H3. The number of nitrogens with zero attached hydrogens (tertiary/aromatic N) is 2. The van der Waals surface area contributed by atoms with Gasteiger partial charge in [0.05, 0.1) is 17.9 Å². The number of nitrogen functional groups attached to an aromatic ring is 1. The van der Waals surface area contributed by atoms with Gasteiger partial charge in [-0.25, -0.2) is 4.63 Å². The van der Waals surface area contributed by atoms with E-state index in [-0.39, 0.29) is 18.3 Å². The van der Waals surface area contributed by atoms with Gasteiger partial charge in [-0.3, -0.25) is 0 Å². The SMILES string of the molecule is CC1CC(Oc2ccc(N)c3nonc23)CC(C)O1. The molecule has 2 unspecified atom stereocenters. The molecule has 0 bridgehead atoms. The first-order chi connectivity index (χ1) is 9.13. The lowest BCUT2D eigenvalue weighted by atomic mass is 10.0. The van der Waals surface area contributed by atoms with Gasteiger partial charge in [-0.15, -0.1) is 0 Å². The lowest BCUT2D eigenvalue weighted by Gasteiger charge is -2.32. The Morgan fingerprint density at radius 3 is 2.58 bits per heavy atom. The third-order valence-electron chi connectivity index (χ3n) is 3.36. The molecule has 0 aliphatic carbocycles. The molecule has 1 aliphatic rings. The van der Waals surface area contributed by atoms with Crippen LogP contribution in [0.25, 0.3) is 11.0 Å². The van der Waals surface area contributed by atoms with Crippen LogP contribution < -0.4 is 10.5 Å².